The number of amides is 1. The molecule has 1 N–H and O–H groups in total. The number of nitrogens with one attached hydrogen (secondary N) is 1. The summed E-state index contributed by atoms with van der Waals surface area (Å²) in [5.74, 6) is -0.484. The van der Waals surface area contributed by atoms with Crippen molar-refractivity contribution in [2.75, 3.05) is 43.8 Å². The molecule has 0 aliphatic heterocycles. The maximum Gasteiger partial charge on any atom is 0.338 e. The number of nitrogens with zero attached hydrogens (tertiary/aromatic N) is 1. The molecule has 0 fully saturated rings. The normalized spacial score (nSPS) is 10.8. The van der Waals surface area contributed by atoms with E-state index in [0.29, 0.717) is 11.3 Å². The zero-order chi connectivity index (χ0) is 22.5. The van der Waals surface area contributed by atoms with Crippen LogP contribution in [-0.4, -0.2) is 54.4 Å². The second kappa shape index (κ2) is 9.49. The Kier molecular flexibility index (Phi) is 7.28. The monoisotopic (exact) mass is 436 g/mol. The Bertz CT molecular complexity index is 1030. The minimum Gasteiger partial charge on any atom is -0.493 e. The molecule has 0 radical (unpaired) electrons. The number of hydrogen-bond acceptors (Lipinski definition) is 7. The van der Waals surface area contributed by atoms with E-state index in [9.17, 15) is 18.0 Å². The quantitative estimate of drug-likeness (QED) is 0.633. The Morgan fingerprint density at radius 3 is 2.10 bits per heavy atom. The van der Waals surface area contributed by atoms with Gasteiger partial charge < -0.3 is 19.5 Å². The first kappa shape index (κ1) is 23.0. The van der Waals surface area contributed by atoms with Gasteiger partial charge in [0.1, 0.15) is 0 Å². The molecule has 0 unspecified atom stereocenters. The molecule has 30 heavy (non-hydrogen) atoms. The van der Waals surface area contributed by atoms with Crippen LogP contribution in [0, 0.1) is 0 Å². The van der Waals surface area contributed by atoms with E-state index in [4.69, 9.17) is 14.2 Å². The van der Waals surface area contributed by atoms with Crippen LogP contribution in [0.5, 0.6) is 11.5 Å². The Balaban J connectivity index is 2.41. The van der Waals surface area contributed by atoms with Crippen molar-refractivity contribution in [1.82, 2.24) is 0 Å². The van der Waals surface area contributed by atoms with E-state index in [1.807, 2.05) is 0 Å². The number of carbonyl (C=O) groups excluding carboxylic acids is 2. The molecular weight excluding hydrogens is 412 g/mol. The number of anilines is 2. The first-order chi connectivity index (χ1) is 14.1. The number of carbonyl (C=O) groups is 2. The third kappa shape index (κ3) is 5.20. The van der Waals surface area contributed by atoms with E-state index in [1.54, 1.807) is 19.1 Å². The highest BCUT2D eigenvalue weighted by atomic mass is 32.2. The van der Waals surface area contributed by atoms with Crippen LogP contribution in [0.2, 0.25) is 0 Å². The standard InChI is InChI=1S/C20H24N2O7S/c1-6-29-20(24)13-7-9-14(10-8-13)21-19(23)15-11-17(27-3)18(28-4)12-16(15)22(2)30(5,25)26/h7-12H,6H2,1-5H3,(H,21,23). The summed E-state index contributed by atoms with van der Waals surface area (Å²) in [4.78, 5) is 24.7. The minimum absolute atomic E-state index is 0.0649. The summed E-state index contributed by atoms with van der Waals surface area (Å²) in [6, 6.07) is 8.95. The van der Waals surface area contributed by atoms with E-state index < -0.39 is 21.9 Å². The molecule has 0 aliphatic rings. The van der Waals surface area contributed by atoms with E-state index in [0.717, 1.165) is 10.6 Å². The van der Waals surface area contributed by atoms with E-state index in [-0.39, 0.29) is 29.4 Å². The van der Waals surface area contributed by atoms with E-state index in [2.05, 4.69) is 5.32 Å². The maximum absolute atomic E-state index is 12.9. The zero-order valence-electron chi connectivity index (χ0n) is 17.4. The molecule has 0 aliphatic carbocycles. The van der Waals surface area contributed by atoms with Crippen molar-refractivity contribution < 1.29 is 32.2 Å². The predicted molar refractivity (Wildman–Crippen MR) is 113 cm³/mol. The van der Waals surface area contributed by atoms with Gasteiger partial charge in [0, 0.05) is 18.8 Å². The van der Waals surface area contributed by atoms with Gasteiger partial charge in [-0.15, -0.1) is 0 Å². The number of methoxy groups -OCH3 is 2. The molecule has 9 nitrogen and oxygen atoms in total. The summed E-state index contributed by atoms with van der Waals surface area (Å²) >= 11 is 0. The van der Waals surface area contributed by atoms with Gasteiger partial charge in [-0.3, -0.25) is 9.10 Å². The number of esters is 1. The van der Waals surface area contributed by atoms with Gasteiger partial charge in [-0.1, -0.05) is 0 Å². The second-order valence-electron chi connectivity index (χ2n) is 6.21. The van der Waals surface area contributed by atoms with Gasteiger partial charge in [0.2, 0.25) is 10.0 Å². The SMILES string of the molecule is CCOC(=O)c1ccc(NC(=O)c2cc(OC)c(OC)cc2N(C)S(C)(=O)=O)cc1. The van der Waals surface area contributed by atoms with Crippen LogP contribution in [0.25, 0.3) is 0 Å². The van der Waals surface area contributed by atoms with Gasteiger partial charge in [0.25, 0.3) is 5.91 Å². The van der Waals surface area contributed by atoms with Gasteiger partial charge >= 0.3 is 5.97 Å². The highest BCUT2D eigenvalue weighted by molar-refractivity contribution is 7.92. The lowest BCUT2D eigenvalue weighted by Crippen LogP contribution is -2.28. The lowest BCUT2D eigenvalue weighted by atomic mass is 10.1. The van der Waals surface area contributed by atoms with Crippen molar-refractivity contribution in [3.05, 3.63) is 47.5 Å². The smallest absolute Gasteiger partial charge is 0.338 e. The molecule has 0 saturated carbocycles. The van der Waals surface area contributed by atoms with Crippen molar-refractivity contribution >= 4 is 33.3 Å². The van der Waals surface area contributed by atoms with Crippen molar-refractivity contribution in [2.24, 2.45) is 0 Å². The summed E-state index contributed by atoms with van der Waals surface area (Å²) in [5, 5.41) is 2.68. The average molecular weight is 436 g/mol. The molecule has 1 amide bonds. The molecule has 0 spiro atoms. The number of hydrogen-bond donors (Lipinski definition) is 1. The van der Waals surface area contributed by atoms with Crippen LogP contribution in [0.15, 0.2) is 36.4 Å². The number of sulfonamides is 1. The average Bonchev–Trinajstić information content (AvgIpc) is 2.72. The first-order valence-electron chi connectivity index (χ1n) is 8.90. The largest absolute Gasteiger partial charge is 0.493 e. The lowest BCUT2D eigenvalue weighted by molar-refractivity contribution is 0.0526. The number of ether oxygens (including phenoxy) is 3. The van der Waals surface area contributed by atoms with Crippen LogP contribution < -0.4 is 19.1 Å². The number of rotatable bonds is 8. The third-order valence-corrected chi connectivity index (χ3v) is 5.43. The first-order valence-corrected chi connectivity index (χ1v) is 10.8. The molecule has 2 aromatic rings. The molecular formula is C20H24N2O7S. The number of benzene rings is 2. The van der Waals surface area contributed by atoms with Crippen molar-refractivity contribution in [2.45, 2.75) is 6.92 Å². The third-order valence-electron chi connectivity index (χ3n) is 4.24. The molecule has 0 bridgehead atoms. The van der Waals surface area contributed by atoms with E-state index >= 15 is 0 Å². The topological polar surface area (TPSA) is 111 Å². The fourth-order valence-electron chi connectivity index (χ4n) is 2.59. The Labute approximate surface area is 175 Å². The Morgan fingerprint density at radius 2 is 1.60 bits per heavy atom. The fourth-order valence-corrected chi connectivity index (χ4v) is 3.10. The van der Waals surface area contributed by atoms with Crippen molar-refractivity contribution in [1.29, 1.82) is 0 Å². The van der Waals surface area contributed by atoms with Crippen molar-refractivity contribution in [3.63, 3.8) is 0 Å². The van der Waals surface area contributed by atoms with Crippen LogP contribution in [0.1, 0.15) is 27.6 Å². The molecule has 2 rings (SSSR count). The van der Waals surface area contributed by atoms with Gasteiger partial charge in [-0.2, -0.15) is 0 Å². The summed E-state index contributed by atoms with van der Waals surface area (Å²) in [6.45, 7) is 1.97. The summed E-state index contributed by atoms with van der Waals surface area (Å²) in [5.41, 5.74) is 0.945. The Morgan fingerprint density at radius 1 is 1.03 bits per heavy atom. The predicted octanol–water partition coefficient (Wildman–Crippen LogP) is 2.53. The van der Waals surface area contributed by atoms with Crippen LogP contribution in [0.4, 0.5) is 11.4 Å². The van der Waals surface area contributed by atoms with Gasteiger partial charge in [-0.25, -0.2) is 13.2 Å². The molecule has 162 valence electrons. The minimum atomic E-state index is -3.64. The summed E-state index contributed by atoms with van der Waals surface area (Å²) in [6.07, 6.45) is 1.03. The van der Waals surface area contributed by atoms with Crippen LogP contribution in [0.3, 0.4) is 0 Å². The molecule has 2 aromatic carbocycles. The molecule has 0 saturated heterocycles. The van der Waals surface area contributed by atoms with Gasteiger partial charge in [-0.05, 0) is 37.3 Å². The molecule has 10 heteroatoms. The lowest BCUT2D eigenvalue weighted by Gasteiger charge is -2.22. The maximum atomic E-state index is 12.9. The zero-order valence-corrected chi connectivity index (χ0v) is 18.2. The molecule has 0 heterocycles. The highest BCUT2D eigenvalue weighted by Crippen LogP contribution is 2.36. The van der Waals surface area contributed by atoms with Crippen LogP contribution >= 0.6 is 0 Å². The molecule has 0 atom stereocenters. The summed E-state index contributed by atoms with van der Waals surface area (Å²) in [7, 11) is 0.510. The molecule has 0 aromatic heterocycles. The summed E-state index contributed by atoms with van der Waals surface area (Å²) < 4.78 is 40.5. The second-order valence-corrected chi connectivity index (χ2v) is 8.22. The fraction of sp³-hybridized carbons (Fsp3) is 0.300. The van der Waals surface area contributed by atoms with Crippen LogP contribution in [-0.2, 0) is 14.8 Å². The van der Waals surface area contributed by atoms with Crippen molar-refractivity contribution in [3.8, 4) is 11.5 Å². The highest BCUT2D eigenvalue weighted by Gasteiger charge is 2.23. The Hall–Kier alpha value is -3.27. The van der Waals surface area contributed by atoms with E-state index in [1.165, 1.54) is 45.5 Å². The van der Waals surface area contributed by atoms with Gasteiger partial charge in [0.15, 0.2) is 11.5 Å². The van der Waals surface area contributed by atoms with Gasteiger partial charge in [0.05, 0.1) is 43.9 Å².